The summed E-state index contributed by atoms with van der Waals surface area (Å²) in [5.74, 6) is 0. The fourth-order valence-corrected chi connectivity index (χ4v) is 3.61. The van der Waals surface area contributed by atoms with Crippen molar-refractivity contribution in [2.45, 2.75) is 24.7 Å². The van der Waals surface area contributed by atoms with Crippen LogP contribution in [0.4, 0.5) is 0 Å². The van der Waals surface area contributed by atoms with Gasteiger partial charge in [-0.25, -0.2) is 8.42 Å². The summed E-state index contributed by atoms with van der Waals surface area (Å²) in [7, 11) is 0.525. The molecular formula is C15H26N2O3S. The van der Waals surface area contributed by atoms with Crippen molar-refractivity contribution in [2.24, 2.45) is 0 Å². The van der Waals surface area contributed by atoms with E-state index in [9.17, 15) is 8.42 Å². The lowest BCUT2D eigenvalue weighted by Gasteiger charge is -2.21. The molecular weight excluding hydrogens is 288 g/mol. The highest BCUT2D eigenvalue weighted by Crippen LogP contribution is 2.17. The fraction of sp³-hybridized carbons (Fsp3) is 0.600. The van der Waals surface area contributed by atoms with Crippen molar-refractivity contribution >= 4 is 10.0 Å². The minimum Gasteiger partial charge on any atom is -0.396 e. The molecule has 0 aliphatic carbocycles. The smallest absolute Gasteiger partial charge is 0.243 e. The first-order chi connectivity index (χ1) is 9.91. The van der Waals surface area contributed by atoms with E-state index in [1.165, 1.54) is 4.31 Å². The first kappa shape index (κ1) is 18.1. The topological polar surface area (TPSA) is 60.9 Å². The average Bonchev–Trinajstić information content (AvgIpc) is 2.44. The second-order valence-electron chi connectivity index (χ2n) is 5.27. The highest BCUT2D eigenvalue weighted by Gasteiger charge is 2.22. The number of hydrogen-bond donors (Lipinski definition) is 1. The Labute approximate surface area is 128 Å². The summed E-state index contributed by atoms with van der Waals surface area (Å²) < 4.78 is 26.7. The zero-order chi connectivity index (χ0) is 15.9. The molecule has 6 heteroatoms. The van der Waals surface area contributed by atoms with Gasteiger partial charge in [0.05, 0.1) is 4.90 Å². The molecule has 0 atom stereocenters. The van der Waals surface area contributed by atoms with Gasteiger partial charge in [0.25, 0.3) is 0 Å². The quantitative estimate of drug-likeness (QED) is 0.744. The van der Waals surface area contributed by atoms with E-state index in [0.29, 0.717) is 24.4 Å². The molecule has 0 aromatic heterocycles. The number of benzene rings is 1. The van der Waals surface area contributed by atoms with E-state index in [-0.39, 0.29) is 6.61 Å². The van der Waals surface area contributed by atoms with E-state index in [4.69, 9.17) is 5.11 Å². The maximum Gasteiger partial charge on any atom is 0.243 e. The molecule has 0 saturated heterocycles. The number of aliphatic hydroxyl groups excluding tert-OH is 1. The minimum atomic E-state index is -3.43. The molecule has 21 heavy (non-hydrogen) atoms. The van der Waals surface area contributed by atoms with Crippen LogP contribution in [0.2, 0.25) is 0 Å². The van der Waals surface area contributed by atoms with Crippen molar-refractivity contribution in [3.63, 3.8) is 0 Å². The second-order valence-corrected chi connectivity index (χ2v) is 7.21. The van der Waals surface area contributed by atoms with Gasteiger partial charge in [-0.15, -0.1) is 0 Å². The lowest BCUT2D eigenvalue weighted by Crippen LogP contribution is -2.33. The van der Waals surface area contributed by atoms with Crippen molar-refractivity contribution < 1.29 is 13.5 Å². The van der Waals surface area contributed by atoms with E-state index >= 15 is 0 Å². The predicted octanol–water partition coefficient (Wildman–Crippen LogP) is 1.18. The molecule has 1 rings (SSSR count). The summed E-state index contributed by atoms with van der Waals surface area (Å²) in [6.45, 7) is 3.77. The zero-order valence-corrected chi connectivity index (χ0v) is 13.9. The van der Waals surface area contributed by atoms with Crippen LogP contribution in [0.15, 0.2) is 29.2 Å². The van der Waals surface area contributed by atoms with E-state index < -0.39 is 10.0 Å². The molecule has 0 amide bonds. The molecule has 0 fully saturated rings. The number of rotatable bonds is 9. The average molecular weight is 314 g/mol. The Morgan fingerprint density at radius 1 is 1.10 bits per heavy atom. The Kier molecular flexibility index (Phi) is 7.31. The lowest BCUT2D eigenvalue weighted by molar-refractivity contribution is 0.299. The van der Waals surface area contributed by atoms with E-state index in [1.54, 1.807) is 24.3 Å². The largest absolute Gasteiger partial charge is 0.396 e. The fourth-order valence-electron chi connectivity index (χ4n) is 2.12. The minimum absolute atomic E-state index is 0.0672. The molecule has 1 aromatic rings. The summed E-state index contributed by atoms with van der Waals surface area (Å²) in [6.07, 6.45) is 1.35. The first-order valence-electron chi connectivity index (χ1n) is 7.26. The van der Waals surface area contributed by atoms with Crippen LogP contribution < -0.4 is 0 Å². The molecule has 0 saturated carbocycles. The van der Waals surface area contributed by atoms with E-state index in [1.807, 2.05) is 25.9 Å². The van der Waals surface area contributed by atoms with Crippen molar-refractivity contribution in [3.05, 3.63) is 29.8 Å². The third kappa shape index (κ3) is 5.39. The molecule has 0 aliphatic heterocycles. The van der Waals surface area contributed by atoms with Gasteiger partial charge in [0, 0.05) is 19.7 Å². The molecule has 1 N–H and O–H groups in total. The van der Waals surface area contributed by atoms with Gasteiger partial charge >= 0.3 is 0 Å². The van der Waals surface area contributed by atoms with Crippen LogP contribution in [0, 0.1) is 0 Å². The summed E-state index contributed by atoms with van der Waals surface area (Å²) in [4.78, 5) is 2.36. The van der Waals surface area contributed by atoms with Gasteiger partial charge in [0.15, 0.2) is 0 Å². The molecule has 0 radical (unpaired) electrons. The van der Waals surface area contributed by atoms with E-state index in [0.717, 1.165) is 18.5 Å². The van der Waals surface area contributed by atoms with Crippen molar-refractivity contribution in [2.75, 3.05) is 40.3 Å². The lowest BCUT2D eigenvalue weighted by atomic mass is 10.2. The van der Waals surface area contributed by atoms with Crippen LogP contribution in [0.1, 0.15) is 18.9 Å². The van der Waals surface area contributed by atoms with Gasteiger partial charge < -0.3 is 10.0 Å². The van der Waals surface area contributed by atoms with E-state index in [2.05, 4.69) is 0 Å². The molecule has 0 aliphatic rings. The Hall–Kier alpha value is -0.950. The predicted molar refractivity (Wildman–Crippen MR) is 84.8 cm³/mol. The van der Waals surface area contributed by atoms with Crippen LogP contribution >= 0.6 is 0 Å². The number of nitrogens with zero attached hydrogens (tertiary/aromatic N) is 2. The normalized spacial score (nSPS) is 12.3. The van der Waals surface area contributed by atoms with Gasteiger partial charge in [-0.3, -0.25) is 0 Å². The standard InChI is InChI=1S/C15H26N2O3S/c1-4-17(12-5-11-16(2)3)21(19,20)15-8-6-14(7-9-15)10-13-18/h6-9,18H,4-5,10-13H2,1-3H3. The van der Waals surface area contributed by atoms with Crippen LogP contribution in [0.5, 0.6) is 0 Å². The van der Waals surface area contributed by atoms with Gasteiger partial charge in [0.1, 0.15) is 0 Å². The van der Waals surface area contributed by atoms with Crippen molar-refractivity contribution in [1.29, 1.82) is 0 Å². The first-order valence-corrected chi connectivity index (χ1v) is 8.70. The third-order valence-corrected chi connectivity index (χ3v) is 5.32. The molecule has 120 valence electrons. The van der Waals surface area contributed by atoms with Crippen molar-refractivity contribution in [1.82, 2.24) is 9.21 Å². The van der Waals surface area contributed by atoms with Crippen LogP contribution in [-0.2, 0) is 16.4 Å². The van der Waals surface area contributed by atoms with Crippen LogP contribution in [-0.4, -0.2) is 63.1 Å². The number of aliphatic hydroxyl groups is 1. The molecule has 0 unspecified atom stereocenters. The Morgan fingerprint density at radius 3 is 2.19 bits per heavy atom. The number of hydrogen-bond acceptors (Lipinski definition) is 4. The summed E-state index contributed by atoms with van der Waals surface area (Å²) in [5.41, 5.74) is 0.937. The Bertz CT molecular complexity index is 512. The zero-order valence-electron chi connectivity index (χ0n) is 13.1. The SMILES string of the molecule is CCN(CCCN(C)C)S(=O)(=O)c1ccc(CCO)cc1. The van der Waals surface area contributed by atoms with Gasteiger partial charge in [0.2, 0.25) is 10.0 Å². The van der Waals surface area contributed by atoms with Gasteiger partial charge in [-0.1, -0.05) is 19.1 Å². The Morgan fingerprint density at radius 2 is 1.71 bits per heavy atom. The molecule has 5 nitrogen and oxygen atoms in total. The highest BCUT2D eigenvalue weighted by molar-refractivity contribution is 7.89. The van der Waals surface area contributed by atoms with Crippen LogP contribution in [0.25, 0.3) is 0 Å². The molecule has 0 heterocycles. The second kappa shape index (κ2) is 8.48. The summed E-state index contributed by atoms with van der Waals surface area (Å²) in [5, 5.41) is 8.89. The molecule has 0 spiro atoms. The third-order valence-electron chi connectivity index (χ3n) is 3.33. The summed E-state index contributed by atoms with van der Waals surface area (Å²) in [6, 6.07) is 6.76. The summed E-state index contributed by atoms with van der Waals surface area (Å²) >= 11 is 0. The highest BCUT2D eigenvalue weighted by atomic mass is 32.2. The van der Waals surface area contributed by atoms with Crippen molar-refractivity contribution in [3.8, 4) is 0 Å². The maximum absolute atomic E-state index is 12.6. The monoisotopic (exact) mass is 314 g/mol. The molecule has 0 bridgehead atoms. The van der Waals surface area contributed by atoms with Gasteiger partial charge in [-0.05, 0) is 51.2 Å². The van der Waals surface area contributed by atoms with Crippen LogP contribution in [0.3, 0.4) is 0 Å². The maximum atomic E-state index is 12.6. The molecule has 1 aromatic carbocycles. The Balaban J connectivity index is 2.80. The van der Waals surface area contributed by atoms with Gasteiger partial charge in [-0.2, -0.15) is 4.31 Å². The number of sulfonamides is 1.